The van der Waals surface area contributed by atoms with E-state index in [4.69, 9.17) is 4.42 Å². The molecule has 0 spiro atoms. The molecule has 124 valence electrons. The van der Waals surface area contributed by atoms with Gasteiger partial charge in [-0.15, -0.1) is 5.10 Å². The van der Waals surface area contributed by atoms with Gasteiger partial charge in [-0.1, -0.05) is 42.1 Å². The zero-order chi connectivity index (χ0) is 16.8. The number of amides is 1. The van der Waals surface area contributed by atoms with Crippen LogP contribution in [0.25, 0.3) is 0 Å². The van der Waals surface area contributed by atoms with Crippen molar-refractivity contribution in [3.05, 3.63) is 60.1 Å². The number of furan rings is 1. The first kappa shape index (κ1) is 16.3. The van der Waals surface area contributed by atoms with Gasteiger partial charge in [-0.3, -0.25) is 4.79 Å². The van der Waals surface area contributed by atoms with Gasteiger partial charge in [0.05, 0.1) is 18.6 Å². The van der Waals surface area contributed by atoms with Gasteiger partial charge in [0.2, 0.25) is 11.1 Å². The number of thioether (sulfide) groups is 1. The summed E-state index contributed by atoms with van der Waals surface area (Å²) in [5.74, 6) is 1.02. The highest BCUT2D eigenvalue weighted by Gasteiger charge is 2.17. The van der Waals surface area contributed by atoms with Gasteiger partial charge in [-0.05, 0) is 28.1 Å². The molecule has 0 atom stereocenters. The molecule has 7 nitrogen and oxygen atoms in total. The summed E-state index contributed by atoms with van der Waals surface area (Å²) < 4.78 is 6.93. The minimum absolute atomic E-state index is 0.00301. The van der Waals surface area contributed by atoms with Crippen molar-refractivity contribution in [2.75, 3.05) is 5.75 Å². The molecule has 0 aliphatic heterocycles. The lowest BCUT2D eigenvalue weighted by atomic mass is 10.2. The lowest BCUT2D eigenvalue weighted by molar-refractivity contribution is -0.129. The van der Waals surface area contributed by atoms with Gasteiger partial charge in [0, 0.05) is 13.6 Å². The second-order valence-corrected chi connectivity index (χ2v) is 6.13. The minimum atomic E-state index is 0.00301. The molecule has 3 rings (SSSR count). The third-order valence-electron chi connectivity index (χ3n) is 3.40. The Kier molecular flexibility index (Phi) is 5.27. The molecule has 1 amide bonds. The summed E-state index contributed by atoms with van der Waals surface area (Å²) in [4.78, 5) is 14.4. The van der Waals surface area contributed by atoms with E-state index < -0.39 is 0 Å². The van der Waals surface area contributed by atoms with Crippen LogP contribution in [0.2, 0.25) is 0 Å². The van der Waals surface area contributed by atoms with Crippen LogP contribution in [0, 0.1) is 0 Å². The molecule has 0 aliphatic carbocycles. The molecule has 0 aliphatic rings. The number of carbonyl (C=O) groups is 1. The van der Waals surface area contributed by atoms with Crippen molar-refractivity contribution >= 4 is 17.7 Å². The number of tetrazole rings is 1. The average Bonchev–Trinajstić information content (AvgIpc) is 3.25. The van der Waals surface area contributed by atoms with Crippen molar-refractivity contribution in [2.24, 2.45) is 7.05 Å². The molecule has 0 fully saturated rings. The average molecular weight is 343 g/mol. The van der Waals surface area contributed by atoms with Crippen LogP contribution in [0.4, 0.5) is 0 Å². The van der Waals surface area contributed by atoms with E-state index >= 15 is 0 Å². The number of rotatable bonds is 7. The second-order valence-electron chi connectivity index (χ2n) is 5.19. The van der Waals surface area contributed by atoms with Gasteiger partial charge in [-0.25, -0.2) is 4.68 Å². The summed E-state index contributed by atoms with van der Waals surface area (Å²) in [7, 11) is 1.75. The molecular weight excluding hydrogens is 326 g/mol. The van der Waals surface area contributed by atoms with E-state index in [9.17, 15) is 4.79 Å². The van der Waals surface area contributed by atoms with Gasteiger partial charge in [-0.2, -0.15) is 0 Å². The Morgan fingerprint density at radius 3 is 2.71 bits per heavy atom. The number of aryl methyl sites for hydroxylation is 1. The number of hydrogen-bond donors (Lipinski definition) is 0. The van der Waals surface area contributed by atoms with Crippen LogP contribution in [0.5, 0.6) is 0 Å². The number of nitrogens with zero attached hydrogens (tertiary/aromatic N) is 5. The summed E-state index contributed by atoms with van der Waals surface area (Å²) >= 11 is 1.32. The van der Waals surface area contributed by atoms with Crippen molar-refractivity contribution in [2.45, 2.75) is 18.2 Å². The summed E-state index contributed by atoms with van der Waals surface area (Å²) in [6.45, 7) is 0.955. The zero-order valence-electron chi connectivity index (χ0n) is 13.2. The topological polar surface area (TPSA) is 77.1 Å². The first-order valence-corrected chi connectivity index (χ1v) is 8.40. The third-order valence-corrected chi connectivity index (χ3v) is 4.40. The molecule has 0 unspecified atom stereocenters. The SMILES string of the molecule is Cn1nnnc1SCC(=O)N(Cc1ccccc1)Cc1ccco1. The van der Waals surface area contributed by atoms with E-state index in [0.717, 1.165) is 11.3 Å². The van der Waals surface area contributed by atoms with Crippen LogP contribution in [0.1, 0.15) is 11.3 Å². The smallest absolute Gasteiger partial charge is 0.233 e. The fourth-order valence-electron chi connectivity index (χ4n) is 2.19. The molecule has 0 radical (unpaired) electrons. The van der Waals surface area contributed by atoms with E-state index in [2.05, 4.69) is 15.5 Å². The molecule has 3 aromatic rings. The number of carbonyl (C=O) groups excluding carboxylic acids is 1. The summed E-state index contributed by atoms with van der Waals surface area (Å²) in [5.41, 5.74) is 1.07. The summed E-state index contributed by atoms with van der Waals surface area (Å²) in [5, 5.41) is 11.8. The molecule has 2 aromatic heterocycles. The largest absolute Gasteiger partial charge is 0.467 e. The van der Waals surface area contributed by atoms with Gasteiger partial charge >= 0.3 is 0 Å². The summed E-state index contributed by atoms with van der Waals surface area (Å²) in [6.07, 6.45) is 1.61. The number of benzene rings is 1. The molecular formula is C16H17N5O2S. The van der Waals surface area contributed by atoms with Crippen LogP contribution >= 0.6 is 11.8 Å². The van der Waals surface area contributed by atoms with E-state index in [1.807, 2.05) is 42.5 Å². The normalized spacial score (nSPS) is 10.7. The first-order chi connectivity index (χ1) is 11.7. The Morgan fingerprint density at radius 1 is 1.21 bits per heavy atom. The standard InChI is InChI=1S/C16H17N5O2S/c1-20-16(17-18-19-20)24-12-15(22)21(11-14-8-5-9-23-14)10-13-6-3-2-4-7-13/h2-9H,10-12H2,1H3. The molecule has 0 saturated carbocycles. The van der Waals surface area contributed by atoms with Crippen molar-refractivity contribution in [1.82, 2.24) is 25.1 Å². The number of aromatic nitrogens is 4. The molecule has 2 heterocycles. The lowest BCUT2D eigenvalue weighted by Gasteiger charge is -2.21. The molecule has 0 saturated heterocycles. The monoisotopic (exact) mass is 343 g/mol. The Morgan fingerprint density at radius 2 is 2.04 bits per heavy atom. The quantitative estimate of drug-likeness (QED) is 0.612. The van der Waals surface area contributed by atoms with Gasteiger partial charge in [0.1, 0.15) is 5.76 Å². The molecule has 0 bridgehead atoms. The Bertz CT molecular complexity index is 773. The van der Waals surface area contributed by atoms with E-state index in [0.29, 0.717) is 18.2 Å². The first-order valence-electron chi connectivity index (χ1n) is 7.41. The predicted octanol–water partition coefficient (Wildman–Crippen LogP) is 2.12. The maximum absolute atomic E-state index is 12.7. The molecule has 8 heteroatoms. The maximum atomic E-state index is 12.7. The van der Waals surface area contributed by atoms with E-state index in [1.54, 1.807) is 22.9 Å². The molecule has 0 N–H and O–H groups in total. The van der Waals surface area contributed by atoms with Crippen LogP contribution in [0.15, 0.2) is 58.3 Å². The highest BCUT2D eigenvalue weighted by atomic mass is 32.2. The van der Waals surface area contributed by atoms with Crippen LogP contribution in [-0.4, -0.2) is 36.8 Å². The zero-order valence-corrected chi connectivity index (χ0v) is 14.0. The van der Waals surface area contributed by atoms with Crippen molar-refractivity contribution in [3.8, 4) is 0 Å². The Hall–Kier alpha value is -2.61. The van der Waals surface area contributed by atoms with Gasteiger partial charge in [0.15, 0.2) is 0 Å². The van der Waals surface area contributed by atoms with Crippen LogP contribution < -0.4 is 0 Å². The fourth-order valence-corrected chi connectivity index (χ4v) is 2.94. The van der Waals surface area contributed by atoms with Crippen LogP contribution in [-0.2, 0) is 24.9 Å². The molecule has 1 aromatic carbocycles. The lowest BCUT2D eigenvalue weighted by Crippen LogP contribution is -2.31. The highest BCUT2D eigenvalue weighted by Crippen LogP contribution is 2.16. The number of hydrogen-bond acceptors (Lipinski definition) is 6. The van der Waals surface area contributed by atoms with E-state index in [-0.39, 0.29) is 11.7 Å². The van der Waals surface area contributed by atoms with Crippen molar-refractivity contribution in [1.29, 1.82) is 0 Å². The maximum Gasteiger partial charge on any atom is 0.233 e. The Balaban J connectivity index is 1.68. The van der Waals surface area contributed by atoms with Crippen molar-refractivity contribution < 1.29 is 9.21 Å². The Labute approximate surface area is 143 Å². The second kappa shape index (κ2) is 7.78. The van der Waals surface area contributed by atoms with Crippen LogP contribution in [0.3, 0.4) is 0 Å². The minimum Gasteiger partial charge on any atom is -0.467 e. The summed E-state index contributed by atoms with van der Waals surface area (Å²) in [6, 6.07) is 13.6. The highest BCUT2D eigenvalue weighted by molar-refractivity contribution is 7.99. The molecule has 24 heavy (non-hydrogen) atoms. The third kappa shape index (κ3) is 4.23. The fraction of sp³-hybridized carbons (Fsp3) is 0.250. The van der Waals surface area contributed by atoms with E-state index in [1.165, 1.54) is 11.8 Å². The van der Waals surface area contributed by atoms with Gasteiger partial charge in [0.25, 0.3) is 0 Å². The van der Waals surface area contributed by atoms with Gasteiger partial charge < -0.3 is 9.32 Å². The predicted molar refractivity (Wildman–Crippen MR) is 88.9 cm³/mol. The van der Waals surface area contributed by atoms with Crippen molar-refractivity contribution in [3.63, 3.8) is 0 Å².